The number of carbonyl (C=O) groups excluding carboxylic acids is 1. The Balaban J connectivity index is 1.95. The van der Waals surface area contributed by atoms with E-state index < -0.39 is 0 Å². The summed E-state index contributed by atoms with van der Waals surface area (Å²) in [5, 5.41) is 0. The zero-order chi connectivity index (χ0) is 11.2. The lowest BCUT2D eigenvalue weighted by Gasteiger charge is -2.05. The fraction of sp³-hybridized carbons (Fsp3) is 0. The third-order valence-electron chi connectivity index (χ3n) is 1.89. The van der Waals surface area contributed by atoms with Crippen molar-refractivity contribution in [1.29, 1.82) is 0 Å². The lowest BCUT2D eigenvalue weighted by molar-refractivity contribution is 0.0962. The Bertz CT molecular complexity index is 458. The van der Waals surface area contributed by atoms with Crippen LogP contribution in [0, 0.1) is 0 Å². The van der Waals surface area contributed by atoms with Crippen LogP contribution in [0.5, 0.6) is 0 Å². The molecule has 5 nitrogen and oxygen atoms in total. The second-order valence-electron chi connectivity index (χ2n) is 3.02. The molecule has 1 aromatic carbocycles. The molecule has 80 valence electrons. The molecule has 0 radical (unpaired) electrons. The van der Waals surface area contributed by atoms with Crippen LogP contribution >= 0.6 is 0 Å². The highest BCUT2D eigenvalue weighted by Crippen LogP contribution is 1.98. The molecule has 2 N–H and O–H groups in total. The van der Waals surface area contributed by atoms with Crippen molar-refractivity contribution in [2.45, 2.75) is 0 Å². The number of benzene rings is 1. The molecule has 2 aromatic rings. The van der Waals surface area contributed by atoms with Gasteiger partial charge in [0, 0.05) is 18.0 Å². The van der Waals surface area contributed by atoms with Gasteiger partial charge in [0.15, 0.2) is 0 Å². The van der Waals surface area contributed by atoms with Crippen LogP contribution in [-0.4, -0.2) is 15.9 Å². The van der Waals surface area contributed by atoms with Gasteiger partial charge in [-0.05, 0) is 18.2 Å². The van der Waals surface area contributed by atoms with E-state index in [1.54, 1.807) is 42.7 Å². The third-order valence-corrected chi connectivity index (χ3v) is 1.89. The summed E-state index contributed by atoms with van der Waals surface area (Å²) in [6.45, 7) is 0. The van der Waals surface area contributed by atoms with Gasteiger partial charge in [-0.15, -0.1) is 0 Å². The van der Waals surface area contributed by atoms with Crippen LogP contribution in [0.15, 0.2) is 48.8 Å². The molecule has 0 aliphatic carbocycles. The zero-order valence-corrected chi connectivity index (χ0v) is 8.42. The summed E-state index contributed by atoms with van der Waals surface area (Å²) in [7, 11) is 0. The number of hydrazine groups is 1. The number of anilines is 1. The van der Waals surface area contributed by atoms with Crippen LogP contribution in [0.3, 0.4) is 0 Å². The van der Waals surface area contributed by atoms with E-state index >= 15 is 0 Å². The van der Waals surface area contributed by atoms with E-state index in [0.717, 1.165) is 0 Å². The summed E-state index contributed by atoms with van der Waals surface area (Å²) in [6, 6.07) is 10.6. The average Bonchev–Trinajstić information content (AvgIpc) is 2.38. The van der Waals surface area contributed by atoms with E-state index in [-0.39, 0.29) is 5.91 Å². The second kappa shape index (κ2) is 4.88. The average molecular weight is 214 g/mol. The van der Waals surface area contributed by atoms with E-state index in [1.165, 1.54) is 0 Å². The molecule has 0 saturated heterocycles. The molecular weight excluding hydrogens is 204 g/mol. The Labute approximate surface area is 92.5 Å². The number of aromatic nitrogens is 2. The fourth-order valence-corrected chi connectivity index (χ4v) is 1.14. The monoisotopic (exact) mass is 214 g/mol. The Kier molecular flexibility index (Phi) is 3.08. The first kappa shape index (κ1) is 10.1. The third kappa shape index (κ3) is 2.54. The molecule has 0 atom stereocenters. The number of hydrogen-bond acceptors (Lipinski definition) is 4. The van der Waals surface area contributed by atoms with Crippen molar-refractivity contribution < 1.29 is 4.79 Å². The predicted molar refractivity (Wildman–Crippen MR) is 59.6 cm³/mol. The largest absolute Gasteiger partial charge is 0.269 e. The molecule has 0 saturated carbocycles. The minimum absolute atomic E-state index is 0.229. The minimum atomic E-state index is -0.229. The SMILES string of the molecule is O=C(NNc1ncccn1)c1ccccc1. The number of carbonyl (C=O) groups is 1. The number of nitrogens with zero attached hydrogens (tertiary/aromatic N) is 2. The maximum Gasteiger partial charge on any atom is 0.269 e. The van der Waals surface area contributed by atoms with Crippen molar-refractivity contribution in [2.24, 2.45) is 0 Å². The minimum Gasteiger partial charge on any atom is -0.267 e. The van der Waals surface area contributed by atoms with Gasteiger partial charge in [0.25, 0.3) is 5.91 Å². The molecule has 5 heteroatoms. The molecule has 1 heterocycles. The van der Waals surface area contributed by atoms with Crippen molar-refractivity contribution >= 4 is 11.9 Å². The molecule has 0 unspecified atom stereocenters. The Morgan fingerprint density at radius 2 is 1.69 bits per heavy atom. The summed E-state index contributed by atoms with van der Waals surface area (Å²) in [4.78, 5) is 19.4. The first-order valence-corrected chi connectivity index (χ1v) is 4.75. The zero-order valence-electron chi connectivity index (χ0n) is 8.42. The number of hydrogen-bond donors (Lipinski definition) is 2. The highest BCUT2D eigenvalue weighted by molar-refractivity contribution is 5.94. The van der Waals surface area contributed by atoms with Crippen molar-refractivity contribution in [3.63, 3.8) is 0 Å². The van der Waals surface area contributed by atoms with Crippen molar-refractivity contribution in [3.05, 3.63) is 54.4 Å². The molecule has 2 rings (SSSR count). The first-order chi connectivity index (χ1) is 7.86. The fourth-order valence-electron chi connectivity index (χ4n) is 1.14. The Morgan fingerprint density at radius 1 is 1.00 bits per heavy atom. The lowest BCUT2D eigenvalue weighted by atomic mass is 10.2. The number of nitrogens with one attached hydrogen (secondary N) is 2. The Hall–Kier alpha value is -2.43. The van der Waals surface area contributed by atoms with Crippen LogP contribution < -0.4 is 10.9 Å². The molecule has 0 aliphatic heterocycles. The van der Waals surface area contributed by atoms with E-state index in [2.05, 4.69) is 20.8 Å². The molecule has 0 fully saturated rings. The maximum atomic E-state index is 11.6. The van der Waals surface area contributed by atoms with Crippen LogP contribution in [0.4, 0.5) is 5.95 Å². The number of amides is 1. The molecule has 16 heavy (non-hydrogen) atoms. The molecule has 1 aromatic heterocycles. The molecule has 0 bridgehead atoms. The topological polar surface area (TPSA) is 66.9 Å². The highest BCUT2D eigenvalue weighted by atomic mass is 16.2. The first-order valence-electron chi connectivity index (χ1n) is 4.75. The maximum absolute atomic E-state index is 11.6. The van der Waals surface area contributed by atoms with E-state index in [4.69, 9.17) is 0 Å². The van der Waals surface area contributed by atoms with Gasteiger partial charge in [0.2, 0.25) is 5.95 Å². The molecule has 1 amide bonds. The summed E-state index contributed by atoms with van der Waals surface area (Å²) >= 11 is 0. The van der Waals surface area contributed by atoms with Gasteiger partial charge < -0.3 is 0 Å². The standard InChI is InChI=1S/C11H10N4O/c16-10(9-5-2-1-3-6-9)14-15-11-12-7-4-8-13-11/h1-8H,(H,14,16)(H,12,13,15). The summed E-state index contributed by atoms with van der Waals surface area (Å²) in [6.07, 6.45) is 3.17. The second-order valence-corrected chi connectivity index (χ2v) is 3.02. The quantitative estimate of drug-likeness (QED) is 0.754. The van der Waals surface area contributed by atoms with Crippen molar-refractivity contribution in [1.82, 2.24) is 15.4 Å². The summed E-state index contributed by atoms with van der Waals surface area (Å²) < 4.78 is 0. The van der Waals surface area contributed by atoms with Crippen LogP contribution in [0.2, 0.25) is 0 Å². The smallest absolute Gasteiger partial charge is 0.267 e. The van der Waals surface area contributed by atoms with Gasteiger partial charge in [-0.1, -0.05) is 18.2 Å². The summed E-state index contributed by atoms with van der Waals surface area (Å²) in [5.41, 5.74) is 5.70. The molecule has 0 spiro atoms. The normalized spacial score (nSPS) is 9.50. The molecular formula is C11H10N4O. The van der Waals surface area contributed by atoms with Gasteiger partial charge >= 0.3 is 0 Å². The number of rotatable bonds is 3. The predicted octanol–water partition coefficient (Wildman–Crippen LogP) is 1.23. The van der Waals surface area contributed by atoms with Crippen molar-refractivity contribution in [2.75, 3.05) is 5.43 Å². The molecule has 0 aliphatic rings. The van der Waals surface area contributed by atoms with E-state index in [0.29, 0.717) is 11.5 Å². The van der Waals surface area contributed by atoms with E-state index in [9.17, 15) is 4.79 Å². The Morgan fingerprint density at radius 3 is 2.38 bits per heavy atom. The van der Waals surface area contributed by atoms with Gasteiger partial charge in [0.05, 0.1) is 0 Å². The van der Waals surface area contributed by atoms with Crippen molar-refractivity contribution in [3.8, 4) is 0 Å². The van der Waals surface area contributed by atoms with Crippen LogP contribution in [0.1, 0.15) is 10.4 Å². The van der Waals surface area contributed by atoms with E-state index in [1.807, 2.05) is 6.07 Å². The summed E-state index contributed by atoms with van der Waals surface area (Å²) in [5.74, 6) is 0.125. The van der Waals surface area contributed by atoms with Crippen LogP contribution in [-0.2, 0) is 0 Å². The van der Waals surface area contributed by atoms with Gasteiger partial charge in [0.1, 0.15) is 0 Å². The highest BCUT2D eigenvalue weighted by Gasteiger charge is 2.03. The van der Waals surface area contributed by atoms with Gasteiger partial charge in [-0.2, -0.15) is 0 Å². The van der Waals surface area contributed by atoms with Gasteiger partial charge in [-0.25, -0.2) is 9.97 Å². The van der Waals surface area contributed by atoms with Gasteiger partial charge in [-0.3, -0.25) is 15.6 Å². The van der Waals surface area contributed by atoms with Crippen LogP contribution in [0.25, 0.3) is 0 Å². The lowest BCUT2D eigenvalue weighted by Crippen LogP contribution is -2.30.